The van der Waals surface area contributed by atoms with Crippen molar-refractivity contribution in [3.8, 4) is 5.88 Å². The molecule has 1 N–H and O–H groups in total. The van der Waals surface area contributed by atoms with Gasteiger partial charge in [0.15, 0.2) is 0 Å². The molecule has 2 heterocycles. The maximum Gasteiger partial charge on any atom is 0.256 e. The average molecular weight is 405 g/mol. The zero-order chi connectivity index (χ0) is 20.0. The molecule has 1 aliphatic rings. The quantitative estimate of drug-likeness (QED) is 0.630. The van der Waals surface area contributed by atoms with Crippen LogP contribution in [0.2, 0.25) is 0 Å². The lowest BCUT2D eigenvalue weighted by Gasteiger charge is -2.19. The van der Waals surface area contributed by atoms with E-state index >= 15 is 0 Å². The number of carbonyl (C=O) groups is 1. The maximum atomic E-state index is 12.7. The number of hydrogen-bond acceptors (Lipinski definition) is 6. The van der Waals surface area contributed by atoms with E-state index in [1.165, 1.54) is 10.5 Å². The van der Waals surface area contributed by atoms with E-state index in [9.17, 15) is 13.2 Å². The first-order valence-electron chi connectivity index (χ1n) is 8.96. The van der Waals surface area contributed by atoms with Gasteiger partial charge in [0.25, 0.3) is 5.91 Å². The Morgan fingerprint density at radius 2 is 2.04 bits per heavy atom. The Morgan fingerprint density at radius 1 is 1.21 bits per heavy atom. The van der Waals surface area contributed by atoms with Gasteiger partial charge in [-0.05, 0) is 30.2 Å². The fraction of sp³-hybridized carbons (Fsp3) is 0.368. The second kappa shape index (κ2) is 9.03. The highest BCUT2D eigenvalue weighted by Gasteiger charge is 2.28. The molecular weight excluding hydrogens is 382 g/mol. The summed E-state index contributed by atoms with van der Waals surface area (Å²) in [7, 11) is -1.97. The monoisotopic (exact) mass is 405 g/mol. The topological polar surface area (TPSA) is 97.8 Å². The van der Waals surface area contributed by atoms with Crippen LogP contribution in [0.3, 0.4) is 0 Å². The van der Waals surface area contributed by atoms with E-state index in [1.807, 2.05) is 18.2 Å². The highest BCUT2D eigenvalue weighted by molar-refractivity contribution is 7.92. The van der Waals surface area contributed by atoms with Gasteiger partial charge in [-0.3, -0.25) is 9.10 Å². The third-order valence-electron chi connectivity index (χ3n) is 4.37. The van der Waals surface area contributed by atoms with Crippen LogP contribution < -0.4 is 14.4 Å². The van der Waals surface area contributed by atoms with E-state index in [0.29, 0.717) is 19.6 Å². The van der Waals surface area contributed by atoms with Gasteiger partial charge in [-0.15, -0.1) is 0 Å². The van der Waals surface area contributed by atoms with Crippen LogP contribution in [0.25, 0.3) is 0 Å². The summed E-state index contributed by atoms with van der Waals surface area (Å²) in [6.07, 6.45) is 2.22. The predicted molar refractivity (Wildman–Crippen MR) is 105 cm³/mol. The van der Waals surface area contributed by atoms with Crippen molar-refractivity contribution in [1.29, 1.82) is 0 Å². The summed E-state index contributed by atoms with van der Waals surface area (Å²) < 4.78 is 37.1. The number of amides is 1. The third kappa shape index (κ3) is 4.60. The predicted octanol–water partition coefficient (Wildman–Crippen LogP) is 1.23. The number of aromatic nitrogens is 1. The van der Waals surface area contributed by atoms with Crippen molar-refractivity contribution >= 4 is 21.6 Å². The number of sulfonamides is 1. The SMILES string of the molecule is COCCOc1ncccc1C(=O)NCCS(=O)(=O)N1CCc2ccccc21. The number of nitrogens with zero attached hydrogens (tertiary/aromatic N) is 2. The lowest BCUT2D eigenvalue weighted by molar-refractivity contribution is 0.0946. The van der Waals surface area contributed by atoms with Gasteiger partial charge in [0, 0.05) is 26.4 Å². The van der Waals surface area contributed by atoms with Gasteiger partial charge in [-0.25, -0.2) is 13.4 Å². The molecule has 1 aromatic heterocycles. The first-order valence-corrected chi connectivity index (χ1v) is 10.6. The number of nitrogens with one attached hydrogen (secondary N) is 1. The Labute approximate surface area is 164 Å². The Hall–Kier alpha value is -2.65. The minimum Gasteiger partial charge on any atom is -0.475 e. The van der Waals surface area contributed by atoms with Crippen LogP contribution in [0.15, 0.2) is 42.6 Å². The maximum absolute atomic E-state index is 12.7. The van der Waals surface area contributed by atoms with Gasteiger partial charge in [0.05, 0.1) is 18.0 Å². The van der Waals surface area contributed by atoms with E-state index in [2.05, 4.69) is 10.3 Å². The number of para-hydroxylation sites is 1. The van der Waals surface area contributed by atoms with Crippen LogP contribution in [0.5, 0.6) is 5.88 Å². The fourth-order valence-corrected chi connectivity index (χ4v) is 4.42. The van der Waals surface area contributed by atoms with E-state index in [-0.39, 0.29) is 30.3 Å². The highest BCUT2D eigenvalue weighted by atomic mass is 32.2. The van der Waals surface area contributed by atoms with Crippen molar-refractivity contribution < 1.29 is 22.7 Å². The second-order valence-electron chi connectivity index (χ2n) is 6.22. The number of ether oxygens (including phenoxy) is 2. The summed E-state index contributed by atoms with van der Waals surface area (Å²) in [5, 5.41) is 2.64. The van der Waals surface area contributed by atoms with Crippen LogP contribution in [0.1, 0.15) is 15.9 Å². The third-order valence-corrected chi connectivity index (χ3v) is 6.14. The molecule has 2 aromatic rings. The lowest BCUT2D eigenvalue weighted by atomic mass is 10.2. The summed E-state index contributed by atoms with van der Waals surface area (Å²) >= 11 is 0. The normalized spacial score (nSPS) is 13.2. The molecule has 0 aliphatic carbocycles. The fourth-order valence-electron chi connectivity index (χ4n) is 3.00. The van der Waals surface area contributed by atoms with E-state index in [0.717, 1.165) is 11.3 Å². The zero-order valence-electron chi connectivity index (χ0n) is 15.6. The van der Waals surface area contributed by atoms with Crippen LogP contribution in [-0.4, -0.2) is 58.5 Å². The van der Waals surface area contributed by atoms with Gasteiger partial charge in [0.1, 0.15) is 12.2 Å². The Balaban J connectivity index is 1.59. The molecule has 1 aliphatic heterocycles. The summed E-state index contributed by atoms with van der Waals surface area (Å²) in [6, 6.07) is 10.7. The zero-order valence-corrected chi connectivity index (χ0v) is 16.4. The van der Waals surface area contributed by atoms with E-state index in [4.69, 9.17) is 9.47 Å². The molecular formula is C19H23N3O5S. The lowest BCUT2D eigenvalue weighted by Crippen LogP contribution is -2.37. The molecule has 0 radical (unpaired) electrons. The largest absolute Gasteiger partial charge is 0.475 e. The van der Waals surface area contributed by atoms with Gasteiger partial charge in [-0.2, -0.15) is 0 Å². The molecule has 0 spiro atoms. The molecule has 3 rings (SSSR count). The number of fused-ring (bicyclic) bond motifs is 1. The Kier molecular flexibility index (Phi) is 6.48. The number of anilines is 1. The van der Waals surface area contributed by atoms with Crippen LogP contribution in [0, 0.1) is 0 Å². The smallest absolute Gasteiger partial charge is 0.256 e. The Morgan fingerprint density at radius 3 is 2.86 bits per heavy atom. The van der Waals surface area contributed by atoms with Gasteiger partial charge in [-0.1, -0.05) is 18.2 Å². The average Bonchev–Trinajstić information content (AvgIpc) is 3.13. The van der Waals surface area contributed by atoms with Crippen molar-refractivity contribution in [1.82, 2.24) is 10.3 Å². The molecule has 0 bridgehead atoms. The molecule has 0 saturated carbocycles. The van der Waals surface area contributed by atoms with Crippen molar-refractivity contribution in [3.05, 3.63) is 53.7 Å². The molecule has 1 aromatic carbocycles. The summed E-state index contributed by atoms with van der Waals surface area (Å²) in [5.74, 6) is -0.432. The molecule has 1 amide bonds. The van der Waals surface area contributed by atoms with Crippen molar-refractivity contribution in [2.75, 3.05) is 43.5 Å². The van der Waals surface area contributed by atoms with Crippen molar-refractivity contribution in [2.45, 2.75) is 6.42 Å². The van der Waals surface area contributed by atoms with Gasteiger partial charge < -0.3 is 14.8 Å². The summed E-state index contributed by atoms with van der Waals surface area (Å²) in [5.41, 5.74) is 1.99. The number of hydrogen-bond donors (Lipinski definition) is 1. The first-order chi connectivity index (χ1) is 13.5. The van der Waals surface area contributed by atoms with Crippen molar-refractivity contribution in [2.24, 2.45) is 0 Å². The van der Waals surface area contributed by atoms with Gasteiger partial charge >= 0.3 is 0 Å². The number of carbonyl (C=O) groups excluding carboxylic acids is 1. The Bertz CT molecular complexity index is 933. The minimum atomic E-state index is -3.52. The molecule has 0 fully saturated rings. The molecule has 150 valence electrons. The molecule has 9 heteroatoms. The highest BCUT2D eigenvalue weighted by Crippen LogP contribution is 2.29. The number of pyridine rings is 1. The molecule has 0 unspecified atom stereocenters. The van der Waals surface area contributed by atoms with Crippen LogP contribution >= 0.6 is 0 Å². The first kappa shape index (κ1) is 20.1. The minimum absolute atomic E-state index is 0.00770. The van der Waals surface area contributed by atoms with Gasteiger partial charge in [0.2, 0.25) is 15.9 Å². The molecule has 8 nitrogen and oxygen atoms in total. The summed E-state index contributed by atoms with van der Waals surface area (Å²) in [4.78, 5) is 16.5. The van der Waals surface area contributed by atoms with Crippen LogP contribution in [0.4, 0.5) is 5.69 Å². The van der Waals surface area contributed by atoms with E-state index in [1.54, 1.807) is 25.3 Å². The number of benzene rings is 1. The van der Waals surface area contributed by atoms with E-state index < -0.39 is 15.9 Å². The molecule has 0 saturated heterocycles. The second-order valence-corrected chi connectivity index (χ2v) is 8.23. The molecule has 28 heavy (non-hydrogen) atoms. The standard InChI is InChI=1S/C19H23N3O5S/c1-26-12-13-27-19-16(6-4-9-21-19)18(23)20-10-14-28(24,25)22-11-8-15-5-2-3-7-17(15)22/h2-7,9H,8,10-14H2,1H3,(H,20,23). The molecule has 0 atom stereocenters. The van der Waals surface area contributed by atoms with Crippen molar-refractivity contribution in [3.63, 3.8) is 0 Å². The summed E-state index contributed by atoms with van der Waals surface area (Å²) in [6.45, 7) is 1.05. The number of methoxy groups -OCH3 is 1. The van der Waals surface area contributed by atoms with Crippen LogP contribution in [-0.2, 0) is 21.2 Å². The number of rotatable bonds is 9.